The van der Waals surface area contributed by atoms with Crippen LogP contribution in [0.15, 0.2) is 53.6 Å². The van der Waals surface area contributed by atoms with Gasteiger partial charge in [-0.05, 0) is 24.3 Å². The zero-order valence-corrected chi connectivity index (χ0v) is 10.6. The molecule has 2 aromatic heterocycles. The zero-order chi connectivity index (χ0) is 13.5. The number of aromatic nitrogens is 2. The number of aldehydes is 1. The Kier molecular flexibility index (Phi) is 2.53. The molecule has 0 amide bonds. The fourth-order valence-electron chi connectivity index (χ4n) is 2.05. The molecule has 0 aliphatic carbocycles. The molecule has 0 saturated carbocycles. The van der Waals surface area contributed by atoms with Crippen molar-refractivity contribution in [2.75, 3.05) is 0 Å². The third kappa shape index (κ3) is 1.68. The second kappa shape index (κ2) is 4.10. The summed E-state index contributed by atoms with van der Waals surface area (Å²) in [5, 5.41) is 0.682. The number of rotatable bonds is 3. The van der Waals surface area contributed by atoms with E-state index in [0.29, 0.717) is 17.3 Å². The highest BCUT2D eigenvalue weighted by atomic mass is 32.2. The number of hydrogen-bond acceptors (Lipinski definition) is 3. The van der Waals surface area contributed by atoms with Gasteiger partial charge in [-0.3, -0.25) is 4.79 Å². The Balaban J connectivity index is 2.35. The summed E-state index contributed by atoms with van der Waals surface area (Å²) in [5.74, 6) is 0. The van der Waals surface area contributed by atoms with Crippen LogP contribution in [0.5, 0.6) is 0 Å². The lowest BCUT2D eigenvalue weighted by Crippen LogP contribution is -2.15. The molecular formula is C13H10N2O3S. The van der Waals surface area contributed by atoms with Crippen LogP contribution in [0.3, 0.4) is 0 Å². The van der Waals surface area contributed by atoms with Crippen LogP contribution in [-0.2, 0) is 10.0 Å². The monoisotopic (exact) mass is 274 g/mol. The number of fused-ring (bicyclic) bond motifs is 1. The maximum absolute atomic E-state index is 12.6. The minimum atomic E-state index is -3.78. The number of benzene rings is 1. The van der Waals surface area contributed by atoms with Crippen molar-refractivity contribution in [2.45, 2.75) is 4.90 Å². The van der Waals surface area contributed by atoms with Crippen LogP contribution in [0.1, 0.15) is 10.5 Å². The van der Waals surface area contributed by atoms with Crippen LogP contribution in [0.25, 0.3) is 11.0 Å². The predicted octanol–water partition coefficient (Wildman–Crippen LogP) is 2.02. The number of nitrogens with zero attached hydrogens (tertiary/aromatic N) is 1. The summed E-state index contributed by atoms with van der Waals surface area (Å²) in [6.07, 6.45) is 2.17. The van der Waals surface area contributed by atoms with Gasteiger partial charge in [0.25, 0.3) is 10.0 Å². The Labute approximate surface area is 109 Å². The maximum atomic E-state index is 12.6. The summed E-state index contributed by atoms with van der Waals surface area (Å²) >= 11 is 0. The normalized spacial score (nSPS) is 11.8. The third-order valence-electron chi connectivity index (χ3n) is 2.90. The smallest absolute Gasteiger partial charge is 0.269 e. The third-order valence-corrected chi connectivity index (χ3v) is 4.64. The Morgan fingerprint density at radius 2 is 1.84 bits per heavy atom. The van der Waals surface area contributed by atoms with Crippen molar-refractivity contribution in [3.63, 3.8) is 0 Å². The van der Waals surface area contributed by atoms with Crippen molar-refractivity contribution in [1.29, 1.82) is 0 Å². The van der Waals surface area contributed by atoms with Gasteiger partial charge in [-0.15, -0.1) is 0 Å². The van der Waals surface area contributed by atoms with Gasteiger partial charge in [0.1, 0.15) is 5.65 Å². The van der Waals surface area contributed by atoms with E-state index in [1.54, 1.807) is 36.5 Å². The first-order valence-electron chi connectivity index (χ1n) is 5.59. The molecule has 0 unspecified atom stereocenters. The highest BCUT2D eigenvalue weighted by molar-refractivity contribution is 7.90. The number of hydrogen-bond donors (Lipinski definition) is 1. The average molecular weight is 274 g/mol. The Bertz CT molecular complexity index is 845. The summed E-state index contributed by atoms with van der Waals surface area (Å²) in [6, 6.07) is 11.3. The quantitative estimate of drug-likeness (QED) is 0.743. The number of H-pyrrole nitrogens is 1. The van der Waals surface area contributed by atoms with Gasteiger partial charge in [0, 0.05) is 11.6 Å². The second-order valence-electron chi connectivity index (χ2n) is 4.05. The van der Waals surface area contributed by atoms with Crippen LogP contribution < -0.4 is 0 Å². The van der Waals surface area contributed by atoms with Crippen LogP contribution >= 0.6 is 0 Å². The summed E-state index contributed by atoms with van der Waals surface area (Å²) in [7, 11) is -3.78. The van der Waals surface area contributed by atoms with Gasteiger partial charge in [-0.2, -0.15) is 0 Å². The molecule has 0 radical (unpaired) electrons. The predicted molar refractivity (Wildman–Crippen MR) is 70.7 cm³/mol. The second-order valence-corrected chi connectivity index (χ2v) is 5.84. The SMILES string of the molecule is O=Cc1cc2cc[nH]c2n1S(=O)(=O)c1ccccc1. The van der Waals surface area contributed by atoms with E-state index in [9.17, 15) is 13.2 Å². The van der Waals surface area contributed by atoms with Crippen molar-refractivity contribution in [2.24, 2.45) is 0 Å². The van der Waals surface area contributed by atoms with Crippen LogP contribution in [0, 0.1) is 0 Å². The van der Waals surface area contributed by atoms with Crippen molar-refractivity contribution >= 4 is 27.3 Å². The van der Waals surface area contributed by atoms with Crippen molar-refractivity contribution in [1.82, 2.24) is 8.96 Å². The largest absolute Gasteiger partial charge is 0.347 e. The van der Waals surface area contributed by atoms with Crippen molar-refractivity contribution < 1.29 is 13.2 Å². The van der Waals surface area contributed by atoms with Gasteiger partial charge in [0.05, 0.1) is 10.6 Å². The fourth-order valence-corrected chi connectivity index (χ4v) is 3.53. The van der Waals surface area contributed by atoms with E-state index < -0.39 is 10.0 Å². The summed E-state index contributed by atoms with van der Waals surface area (Å²) < 4.78 is 26.2. The molecule has 3 aromatic rings. The highest BCUT2D eigenvalue weighted by Crippen LogP contribution is 2.23. The van der Waals surface area contributed by atoms with Gasteiger partial charge in [-0.1, -0.05) is 18.2 Å². The first kappa shape index (κ1) is 11.7. The number of carbonyl (C=O) groups is 1. The standard InChI is InChI=1S/C13H10N2O3S/c16-9-11-8-10-6-7-14-13(10)15(11)19(17,18)12-4-2-1-3-5-12/h1-9,14H. The average Bonchev–Trinajstić information content (AvgIpc) is 2.98. The summed E-state index contributed by atoms with van der Waals surface area (Å²) in [6.45, 7) is 0. The Morgan fingerprint density at radius 1 is 1.11 bits per heavy atom. The topological polar surface area (TPSA) is 71.9 Å². The van der Waals surface area contributed by atoms with Gasteiger partial charge in [0.2, 0.25) is 0 Å². The molecule has 1 aromatic carbocycles. The van der Waals surface area contributed by atoms with Gasteiger partial charge in [0.15, 0.2) is 6.29 Å². The lowest BCUT2D eigenvalue weighted by Gasteiger charge is -2.08. The van der Waals surface area contributed by atoms with Crippen LogP contribution in [0.2, 0.25) is 0 Å². The van der Waals surface area contributed by atoms with E-state index >= 15 is 0 Å². The molecule has 19 heavy (non-hydrogen) atoms. The molecule has 96 valence electrons. The highest BCUT2D eigenvalue weighted by Gasteiger charge is 2.23. The molecule has 0 bridgehead atoms. The molecule has 3 rings (SSSR count). The molecular weight excluding hydrogens is 264 g/mol. The van der Waals surface area contributed by atoms with E-state index in [1.807, 2.05) is 0 Å². The molecule has 0 atom stereocenters. The molecule has 6 heteroatoms. The molecule has 0 fully saturated rings. The molecule has 2 heterocycles. The molecule has 1 N–H and O–H groups in total. The zero-order valence-electron chi connectivity index (χ0n) is 9.78. The lowest BCUT2D eigenvalue weighted by atomic mass is 10.4. The van der Waals surface area contributed by atoms with E-state index in [4.69, 9.17) is 0 Å². The number of carbonyl (C=O) groups excluding carboxylic acids is 1. The van der Waals surface area contributed by atoms with Gasteiger partial charge < -0.3 is 4.98 Å². The van der Waals surface area contributed by atoms with Crippen molar-refractivity contribution in [3.05, 3.63) is 54.4 Å². The van der Waals surface area contributed by atoms with Crippen molar-refractivity contribution in [3.8, 4) is 0 Å². The minimum Gasteiger partial charge on any atom is -0.347 e. The van der Waals surface area contributed by atoms with E-state index in [1.165, 1.54) is 12.1 Å². The van der Waals surface area contributed by atoms with Gasteiger partial charge in [-0.25, -0.2) is 12.4 Å². The first-order chi connectivity index (χ1) is 9.14. The molecule has 0 spiro atoms. The van der Waals surface area contributed by atoms with E-state index in [0.717, 1.165) is 3.97 Å². The molecule has 0 aliphatic heterocycles. The Hall–Kier alpha value is -2.34. The van der Waals surface area contributed by atoms with Gasteiger partial charge >= 0.3 is 0 Å². The summed E-state index contributed by atoms with van der Waals surface area (Å²) in [4.78, 5) is 14.1. The fraction of sp³-hybridized carbons (Fsp3) is 0. The molecule has 0 saturated heterocycles. The maximum Gasteiger partial charge on any atom is 0.269 e. The Morgan fingerprint density at radius 3 is 2.53 bits per heavy atom. The minimum absolute atomic E-state index is 0.103. The van der Waals surface area contributed by atoms with E-state index in [2.05, 4.69) is 4.98 Å². The molecule has 5 nitrogen and oxygen atoms in total. The number of aromatic amines is 1. The van der Waals surface area contributed by atoms with E-state index in [-0.39, 0.29) is 10.6 Å². The lowest BCUT2D eigenvalue weighted by molar-refractivity contribution is 0.111. The summed E-state index contributed by atoms with van der Waals surface area (Å²) in [5.41, 5.74) is 0.497. The first-order valence-corrected chi connectivity index (χ1v) is 7.03. The molecule has 0 aliphatic rings. The van der Waals surface area contributed by atoms with Crippen LogP contribution in [-0.4, -0.2) is 23.7 Å². The number of nitrogens with one attached hydrogen (secondary N) is 1. The van der Waals surface area contributed by atoms with Crippen LogP contribution in [0.4, 0.5) is 0 Å².